The molecule has 0 fully saturated rings. The average molecular weight is 302 g/mol. The molecule has 112 valence electrons. The number of methoxy groups -OCH3 is 1. The summed E-state index contributed by atoms with van der Waals surface area (Å²) < 4.78 is 11.2. The maximum absolute atomic E-state index is 6.10. The molecular weight excluding hydrogens is 288 g/mol. The predicted octanol–water partition coefficient (Wildman–Crippen LogP) is 4.57. The fourth-order valence-corrected chi connectivity index (χ4v) is 2.67. The van der Waals surface area contributed by atoms with E-state index in [2.05, 4.69) is 9.97 Å². The number of hydrogen-bond donors (Lipinski definition) is 0. The van der Waals surface area contributed by atoms with Crippen LogP contribution in [0, 0.1) is 0 Å². The summed E-state index contributed by atoms with van der Waals surface area (Å²) in [4.78, 5) is 8.55. The summed E-state index contributed by atoms with van der Waals surface area (Å²) in [7, 11) is 1.61. The van der Waals surface area contributed by atoms with Crippen LogP contribution in [0.2, 0.25) is 0 Å². The molecule has 0 saturated carbocycles. The van der Waals surface area contributed by atoms with E-state index in [4.69, 9.17) is 9.15 Å². The van der Waals surface area contributed by atoms with Gasteiger partial charge >= 0.3 is 0 Å². The monoisotopic (exact) mass is 302 g/mol. The predicted molar refractivity (Wildman–Crippen MR) is 89.2 cm³/mol. The Balaban J connectivity index is 1.99. The largest absolute Gasteiger partial charge is 0.481 e. The van der Waals surface area contributed by atoms with Crippen LogP contribution in [0.25, 0.3) is 33.4 Å². The van der Waals surface area contributed by atoms with Gasteiger partial charge in [0.05, 0.1) is 7.11 Å². The summed E-state index contributed by atoms with van der Waals surface area (Å²) >= 11 is 0. The summed E-state index contributed by atoms with van der Waals surface area (Å²) in [5, 5.41) is 0.971. The van der Waals surface area contributed by atoms with Crippen LogP contribution in [0.15, 0.2) is 71.5 Å². The highest BCUT2D eigenvalue weighted by molar-refractivity contribution is 6.01. The Morgan fingerprint density at radius 3 is 2.52 bits per heavy atom. The molecule has 0 spiro atoms. The lowest BCUT2D eigenvalue weighted by molar-refractivity contribution is 0.398. The molecule has 0 unspecified atom stereocenters. The van der Waals surface area contributed by atoms with Crippen LogP contribution in [0.3, 0.4) is 0 Å². The summed E-state index contributed by atoms with van der Waals surface area (Å²) in [5.41, 5.74) is 3.80. The Morgan fingerprint density at radius 2 is 1.78 bits per heavy atom. The summed E-state index contributed by atoms with van der Waals surface area (Å²) in [6.45, 7) is 0. The lowest BCUT2D eigenvalue weighted by Gasteiger charge is -2.04. The van der Waals surface area contributed by atoms with Gasteiger partial charge in [-0.3, -0.25) is 4.98 Å². The molecule has 4 heteroatoms. The van der Waals surface area contributed by atoms with Crippen LogP contribution in [0.5, 0.6) is 5.88 Å². The fraction of sp³-hybridized carbons (Fsp3) is 0.0526. The van der Waals surface area contributed by atoms with Gasteiger partial charge in [0.25, 0.3) is 0 Å². The maximum atomic E-state index is 6.10. The van der Waals surface area contributed by atoms with Crippen LogP contribution in [0.1, 0.15) is 0 Å². The zero-order valence-electron chi connectivity index (χ0n) is 12.6. The van der Waals surface area contributed by atoms with Crippen molar-refractivity contribution >= 4 is 11.0 Å². The molecular formula is C19H14N2O2. The maximum Gasteiger partial charge on any atom is 0.212 e. The first-order valence-electron chi connectivity index (χ1n) is 7.29. The molecule has 0 aliphatic heterocycles. The van der Waals surface area contributed by atoms with E-state index in [0.717, 1.165) is 33.4 Å². The molecule has 0 aliphatic carbocycles. The molecule has 4 rings (SSSR count). The number of benzene rings is 1. The standard InChI is InChI=1S/C19H14N2O2/c1-22-17-8-7-14(11-21-17)18-15-12-20-10-9-16(15)23-19(18)13-5-3-2-4-6-13/h2-12H,1H3. The molecule has 0 amide bonds. The molecule has 3 aromatic heterocycles. The third kappa shape index (κ3) is 2.34. The second-order valence-electron chi connectivity index (χ2n) is 5.13. The van der Waals surface area contributed by atoms with Crippen molar-refractivity contribution in [1.29, 1.82) is 0 Å². The minimum absolute atomic E-state index is 0.584. The van der Waals surface area contributed by atoms with E-state index in [9.17, 15) is 0 Å². The third-order valence-electron chi connectivity index (χ3n) is 3.76. The molecule has 0 atom stereocenters. The van der Waals surface area contributed by atoms with Crippen LogP contribution in [-0.4, -0.2) is 17.1 Å². The van der Waals surface area contributed by atoms with Gasteiger partial charge in [0, 0.05) is 46.7 Å². The molecule has 0 radical (unpaired) electrons. The zero-order valence-corrected chi connectivity index (χ0v) is 12.6. The number of pyridine rings is 2. The Kier molecular flexibility index (Phi) is 3.27. The number of fused-ring (bicyclic) bond motifs is 1. The lowest BCUT2D eigenvalue weighted by Crippen LogP contribution is -1.88. The minimum Gasteiger partial charge on any atom is -0.481 e. The summed E-state index contributed by atoms with van der Waals surface area (Å²) in [5.74, 6) is 1.40. The van der Waals surface area contributed by atoms with Crippen molar-refractivity contribution in [1.82, 2.24) is 9.97 Å². The van der Waals surface area contributed by atoms with Gasteiger partial charge in [0.15, 0.2) is 0 Å². The normalized spacial score (nSPS) is 10.8. The van der Waals surface area contributed by atoms with Gasteiger partial charge in [-0.1, -0.05) is 30.3 Å². The average Bonchev–Trinajstić information content (AvgIpc) is 3.02. The summed E-state index contributed by atoms with van der Waals surface area (Å²) in [6.07, 6.45) is 5.35. The molecule has 0 saturated heterocycles. The first-order valence-corrected chi connectivity index (χ1v) is 7.29. The van der Waals surface area contributed by atoms with Crippen LogP contribution >= 0.6 is 0 Å². The minimum atomic E-state index is 0.584. The third-order valence-corrected chi connectivity index (χ3v) is 3.76. The second kappa shape index (κ2) is 5.57. The van der Waals surface area contributed by atoms with Crippen molar-refractivity contribution in [3.05, 3.63) is 67.1 Å². The number of hydrogen-bond acceptors (Lipinski definition) is 4. The van der Waals surface area contributed by atoms with Gasteiger partial charge in [-0.15, -0.1) is 0 Å². The fourth-order valence-electron chi connectivity index (χ4n) is 2.67. The first-order chi connectivity index (χ1) is 11.4. The van der Waals surface area contributed by atoms with E-state index < -0.39 is 0 Å². The molecule has 4 aromatic rings. The highest BCUT2D eigenvalue weighted by atomic mass is 16.5. The number of aromatic nitrogens is 2. The highest BCUT2D eigenvalue weighted by Crippen LogP contribution is 2.40. The number of nitrogens with zero attached hydrogens (tertiary/aromatic N) is 2. The Labute approximate surface area is 133 Å². The van der Waals surface area contributed by atoms with E-state index >= 15 is 0 Å². The van der Waals surface area contributed by atoms with Gasteiger partial charge in [0.1, 0.15) is 11.3 Å². The van der Waals surface area contributed by atoms with Gasteiger partial charge in [-0.2, -0.15) is 0 Å². The van der Waals surface area contributed by atoms with E-state index in [1.807, 2.05) is 54.7 Å². The van der Waals surface area contributed by atoms with Crippen molar-refractivity contribution < 1.29 is 9.15 Å². The van der Waals surface area contributed by atoms with Gasteiger partial charge in [-0.25, -0.2) is 4.98 Å². The van der Waals surface area contributed by atoms with Crippen molar-refractivity contribution in [3.8, 4) is 28.3 Å². The molecule has 4 nitrogen and oxygen atoms in total. The molecule has 23 heavy (non-hydrogen) atoms. The van der Waals surface area contributed by atoms with E-state index in [1.54, 1.807) is 19.5 Å². The second-order valence-corrected chi connectivity index (χ2v) is 5.13. The van der Waals surface area contributed by atoms with Gasteiger partial charge in [0.2, 0.25) is 5.88 Å². The van der Waals surface area contributed by atoms with E-state index in [-0.39, 0.29) is 0 Å². The van der Waals surface area contributed by atoms with E-state index in [1.165, 1.54) is 0 Å². The number of ether oxygens (including phenoxy) is 1. The van der Waals surface area contributed by atoms with Crippen LogP contribution in [0.4, 0.5) is 0 Å². The molecule has 0 bridgehead atoms. The summed E-state index contributed by atoms with van der Waals surface area (Å²) in [6, 6.07) is 15.8. The van der Waals surface area contributed by atoms with Crippen LogP contribution < -0.4 is 4.74 Å². The first kappa shape index (κ1) is 13.5. The number of rotatable bonds is 3. The van der Waals surface area contributed by atoms with Crippen molar-refractivity contribution in [2.45, 2.75) is 0 Å². The van der Waals surface area contributed by atoms with Crippen molar-refractivity contribution in [3.63, 3.8) is 0 Å². The SMILES string of the molecule is COc1ccc(-c2c(-c3ccccc3)oc3ccncc23)cn1. The Bertz CT molecular complexity index is 944. The Morgan fingerprint density at radius 1 is 0.913 bits per heavy atom. The van der Waals surface area contributed by atoms with Crippen LogP contribution in [-0.2, 0) is 0 Å². The zero-order chi connectivity index (χ0) is 15.6. The Hall–Kier alpha value is -3.14. The smallest absolute Gasteiger partial charge is 0.212 e. The lowest BCUT2D eigenvalue weighted by atomic mass is 10.0. The quantitative estimate of drug-likeness (QED) is 0.556. The van der Waals surface area contributed by atoms with Crippen molar-refractivity contribution in [2.75, 3.05) is 7.11 Å². The van der Waals surface area contributed by atoms with Crippen molar-refractivity contribution in [2.24, 2.45) is 0 Å². The topological polar surface area (TPSA) is 48.2 Å². The van der Waals surface area contributed by atoms with E-state index in [0.29, 0.717) is 5.88 Å². The molecule has 0 aliphatic rings. The highest BCUT2D eigenvalue weighted by Gasteiger charge is 2.17. The molecule has 1 aromatic carbocycles. The number of furan rings is 1. The van der Waals surface area contributed by atoms with Gasteiger partial charge < -0.3 is 9.15 Å². The molecule has 0 N–H and O–H groups in total. The molecule has 3 heterocycles. The van der Waals surface area contributed by atoms with Gasteiger partial charge in [-0.05, 0) is 12.1 Å².